The van der Waals surface area contributed by atoms with E-state index in [4.69, 9.17) is 0 Å². The molecule has 0 aliphatic rings. The fourth-order valence-corrected chi connectivity index (χ4v) is 3.08. The van der Waals surface area contributed by atoms with Crippen molar-refractivity contribution in [1.82, 2.24) is 15.3 Å². The second-order valence-electron chi connectivity index (χ2n) is 7.08. The van der Waals surface area contributed by atoms with Crippen LogP contribution >= 0.6 is 0 Å². The van der Waals surface area contributed by atoms with Crippen LogP contribution < -0.4 is 10.2 Å². The smallest absolute Gasteiger partial charge is 0.240 e. The van der Waals surface area contributed by atoms with Crippen LogP contribution in [0.3, 0.4) is 0 Å². The molecule has 1 atom stereocenters. The fourth-order valence-electron chi connectivity index (χ4n) is 3.08. The number of fused-ring (bicyclic) bond motifs is 1. The van der Waals surface area contributed by atoms with Crippen LogP contribution in [0.2, 0.25) is 0 Å². The molecule has 5 nitrogen and oxygen atoms in total. The summed E-state index contributed by atoms with van der Waals surface area (Å²) in [4.78, 5) is 22.6. The highest BCUT2D eigenvalue weighted by Gasteiger charge is 2.20. The molecule has 1 unspecified atom stereocenters. The molecule has 0 bridgehead atoms. The third-order valence-corrected chi connectivity index (χ3v) is 4.36. The number of hydrogen-bond donors (Lipinski definition) is 2. The van der Waals surface area contributed by atoms with Crippen molar-refractivity contribution < 1.29 is 4.79 Å². The van der Waals surface area contributed by atoms with Crippen molar-refractivity contribution in [3.8, 4) is 0 Å². The van der Waals surface area contributed by atoms with Crippen molar-refractivity contribution >= 4 is 22.6 Å². The van der Waals surface area contributed by atoms with Gasteiger partial charge in [-0.2, -0.15) is 0 Å². The quantitative estimate of drug-likeness (QED) is 0.679. The van der Waals surface area contributed by atoms with Gasteiger partial charge in [-0.05, 0) is 36.6 Å². The lowest BCUT2D eigenvalue weighted by atomic mass is 10.0. The first-order valence-electron chi connectivity index (χ1n) is 9.03. The predicted octanol–water partition coefficient (Wildman–Crippen LogP) is 3.90. The lowest BCUT2D eigenvalue weighted by Gasteiger charge is -2.22. The van der Waals surface area contributed by atoms with E-state index in [9.17, 15) is 4.79 Å². The molecule has 0 radical (unpaired) electrons. The second kappa shape index (κ2) is 8.04. The maximum Gasteiger partial charge on any atom is 0.240 e. The Morgan fingerprint density at radius 3 is 2.50 bits per heavy atom. The minimum Gasteiger partial charge on any atom is -0.365 e. The number of hydrogen-bond acceptors (Lipinski definition) is 3. The molecule has 136 valence electrons. The highest BCUT2D eigenvalue weighted by atomic mass is 16.2. The van der Waals surface area contributed by atoms with E-state index in [2.05, 4.69) is 29.1 Å². The number of benzene rings is 2. The van der Waals surface area contributed by atoms with Crippen LogP contribution in [0.5, 0.6) is 0 Å². The summed E-state index contributed by atoms with van der Waals surface area (Å²) >= 11 is 0. The zero-order valence-corrected chi connectivity index (χ0v) is 15.6. The summed E-state index contributed by atoms with van der Waals surface area (Å²) in [6.07, 6.45) is 0.834. The number of imidazole rings is 1. The molecule has 26 heavy (non-hydrogen) atoms. The van der Waals surface area contributed by atoms with E-state index in [1.807, 2.05) is 66.5 Å². The molecule has 3 rings (SSSR count). The zero-order valence-electron chi connectivity index (χ0n) is 15.6. The Morgan fingerprint density at radius 1 is 1.12 bits per heavy atom. The largest absolute Gasteiger partial charge is 0.365 e. The molecule has 0 fully saturated rings. The number of carbonyl (C=O) groups is 1. The van der Waals surface area contributed by atoms with Gasteiger partial charge < -0.3 is 15.2 Å². The molecule has 5 heteroatoms. The first-order chi connectivity index (χ1) is 12.5. The van der Waals surface area contributed by atoms with Gasteiger partial charge in [-0.15, -0.1) is 0 Å². The minimum absolute atomic E-state index is 0.0116. The molecule has 2 N–H and O–H groups in total. The van der Waals surface area contributed by atoms with Crippen molar-refractivity contribution in [3.63, 3.8) is 0 Å². The monoisotopic (exact) mass is 350 g/mol. The number of nitrogens with zero attached hydrogens (tertiary/aromatic N) is 2. The Kier molecular flexibility index (Phi) is 5.56. The Hall–Kier alpha value is -2.82. The Labute approximate surface area is 154 Å². The third kappa shape index (κ3) is 4.42. The van der Waals surface area contributed by atoms with Gasteiger partial charge in [-0.25, -0.2) is 4.98 Å². The number of aromatic amines is 1. The maximum atomic E-state index is 12.6. The topological polar surface area (TPSA) is 61.0 Å². The van der Waals surface area contributed by atoms with Gasteiger partial charge in [0.15, 0.2) is 0 Å². The summed E-state index contributed by atoms with van der Waals surface area (Å²) in [7, 11) is 1.92. The molecule has 0 spiro atoms. The van der Waals surface area contributed by atoms with Crippen molar-refractivity contribution in [2.24, 2.45) is 5.92 Å². The molecular weight excluding hydrogens is 324 g/mol. The fraction of sp³-hybridized carbons (Fsp3) is 0.333. The molecule has 0 aliphatic heterocycles. The summed E-state index contributed by atoms with van der Waals surface area (Å²) in [5, 5.41) is 3.15. The highest BCUT2D eigenvalue weighted by molar-refractivity contribution is 5.82. The summed E-state index contributed by atoms with van der Waals surface area (Å²) in [5.41, 5.74) is 2.94. The second-order valence-corrected chi connectivity index (χ2v) is 7.08. The van der Waals surface area contributed by atoms with Crippen LogP contribution in [0.15, 0.2) is 54.6 Å². The van der Waals surface area contributed by atoms with Gasteiger partial charge in [0, 0.05) is 12.7 Å². The first-order valence-corrected chi connectivity index (χ1v) is 9.03. The molecule has 0 saturated carbocycles. The van der Waals surface area contributed by atoms with Crippen molar-refractivity contribution in [3.05, 3.63) is 60.4 Å². The molecule has 1 heterocycles. The van der Waals surface area contributed by atoms with Gasteiger partial charge in [-0.3, -0.25) is 4.79 Å². The van der Waals surface area contributed by atoms with Crippen LogP contribution in [0.1, 0.15) is 32.1 Å². The summed E-state index contributed by atoms with van der Waals surface area (Å²) < 4.78 is 0. The first kappa shape index (κ1) is 18.0. The maximum absolute atomic E-state index is 12.6. The number of aromatic nitrogens is 2. The summed E-state index contributed by atoms with van der Waals surface area (Å²) in [6.45, 7) is 4.61. The number of carbonyl (C=O) groups excluding carboxylic acids is 1. The molecule has 1 aromatic heterocycles. The number of para-hydroxylation sites is 3. The Balaban J connectivity index is 1.72. The van der Waals surface area contributed by atoms with Crippen LogP contribution in [-0.4, -0.2) is 29.5 Å². The average molecular weight is 350 g/mol. The SMILES string of the molecule is CC(C)CC(NC(=O)CN(C)c1ccccc1)c1nc2ccccc2[nH]1. The number of nitrogens with one attached hydrogen (secondary N) is 2. The number of likely N-dealkylation sites (N-methyl/N-ethyl adjacent to an activating group) is 1. The molecule has 2 aromatic carbocycles. The summed E-state index contributed by atoms with van der Waals surface area (Å²) in [5.74, 6) is 1.25. The lowest BCUT2D eigenvalue weighted by Crippen LogP contribution is -2.38. The zero-order chi connectivity index (χ0) is 18.5. The van der Waals surface area contributed by atoms with Gasteiger partial charge in [-0.1, -0.05) is 44.2 Å². The van der Waals surface area contributed by atoms with Gasteiger partial charge in [0.2, 0.25) is 5.91 Å². The van der Waals surface area contributed by atoms with Gasteiger partial charge in [0.25, 0.3) is 0 Å². The molecular formula is C21H26N4O. The van der Waals surface area contributed by atoms with Crippen LogP contribution in [0.4, 0.5) is 5.69 Å². The number of anilines is 1. The standard InChI is InChI=1S/C21H26N4O/c1-15(2)13-19(21-23-17-11-7-8-12-18(17)24-21)22-20(26)14-25(3)16-9-5-4-6-10-16/h4-12,15,19H,13-14H2,1-3H3,(H,22,26)(H,23,24). The molecule has 0 aliphatic carbocycles. The van der Waals surface area contributed by atoms with Crippen LogP contribution in [-0.2, 0) is 4.79 Å². The van der Waals surface area contributed by atoms with Crippen molar-refractivity contribution in [2.45, 2.75) is 26.3 Å². The minimum atomic E-state index is -0.126. The molecule has 3 aromatic rings. The van der Waals surface area contributed by atoms with Crippen LogP contribution in [0.25, 0.3) is 11.0 Å². The van der Waals surface area contributed by atoms with Crippen LogP contribution in [0, 0.1) is 5.92 Å². The van der Waals surface area contributed by atoms with E-state index in [0.717, 1.165) is 29.0 Å². The van der Waals surface area contributed by atoms with E-state index in [1.54, 1.807) is 0 Å². The number of H-pyrrole nitrogens is 1. The highest BCUT2D eigenvalue weighted by Crippen LogP contribution is 2.22. The summed E-state index contributed by atoms with van der Waals surface area (Å²) in [6, 6.07) is 17.7. The van der Waals surface area contributed by atoms with E-state index in [0.29, 0.717) is 12.5 Å². The van der Waals surface area contributed by atoms with Crippen molar-refractivity contribution in [1.29, 1.82) is 0 Å². The van der Waals surface area contributed by atoms with Gasteiger partial charge >= 0.3 is 0 Å². The average Bonchev–Trinajstić information content (AvgIpc) is 3.05. The van der Waals surface area contributed by atoms with Crippen molar-refractivity contribution in [2.75, 3.05) is 18.5 Å². The predicted molar refractivity (Wildman–Crippen MR) is 106 cm³/mol. The normalized spacial score (nSPS) is 12.3. The molecule has 0 saturated heterocycles. The molecule has 1 amide bonds. The lowest BCUT2D eigenvalue weighted by molar-refractivity contribution is -0.120. The van der Waals surface area contributed by atoms with E-state index in [1.165, 1.54) is 0 Å². The Bertz CT molecular complexity index is 824. The number of amides is 1. The van der Waals surface area contributed by atoms with E-state index < -0.39 is 0 Å². The van der Waals surface area contributed by atoms with Gasteiger partial charge in [0.05, 0.1) is 23.6 Å². The Morgan fingerprint density at radius 2 is 1.81 bits per heavy atom. The van der Waals surface area contributed by atoms with E-state index in [-0.39, 0.29) is 11.9 Å². The number of rotatable bonds is 7. The van der Waals surface area contributed by atoms with E-state index >= 15 is 0 Å². The third-order valence-electron chi connectivity index (χ3n) is 4.36. The van der Waals surface area contributed by atoms with Gasteiger partial charge in [0.1, 0.15) is 5.82 Å².